The van der Waals surface area contributed by atoms with Gasteiger partial charge in [-0.15, -0.1) is 0 Å². The zero-order valence-electron chi connectivity index (χ0n) is 8.23. The van der Waals surface area contributed by atoms with Gasteiger partial charge >= 0.3 is 0 Å². The second-order valence-electron chi connectivity index (χ2n) is 4.07. The monoisotopic (exact) mass is 185 g/mol. The standard InChI is InChI=1S/C9H19N3O/c1-9(3-2-4-11-6-9)7-12-8(13)5-10/h11H,2-7,10H2,1H3,(H,12,13). The summed E-state index contributed by atoms with van der Waals surface area (Å²) in [5.41, 5.74) is 5.41. The Labute approximate surface area is 79.3 Å². The van der Waals surface area contributed by atoms with Crippen LogP contribution in [-0.4, -0.2) is 32.1 Å². The third-order valence-corrected chi connectivity index (χ3v) is 2.58. The molecule has 0 radical (unpaired) electrons. The van der Waals surface area contributed by atoms with E-state index in [-0.39, 0.29) is 17.9 Å². The molecule has 13 heavy (non-hydrogen) atoms. The van der Waals surface area contributed by atoms with E-state index in [4.69, 9.17) is 5.73 Å². The Morgan fingerprint density at radius 2 is 2.46 bits per heavy atom. The first-order valence-corrected chi connectivity index (χ1v) is 4.84. The molecule has 0 bridgehead atoms. The highest BCUT2D eigenvalue weighted by Gasteiger charge is 2.26. The van der Waals surface area contributed by atoms with Crippen LogP contribution in [0, 0.1) is 5.41 Å². The average Bonchev–Trinajstić information content (AvgIpc) is 2.15. The van der Waals surface area contributed by atoms with E-state index < -0.39 is 0 Å². The van der Waals surface area contributed by atoms with Gasteiger partial charge in [-0.25, -0.2) is 0 Å². The van der Waals surface area contributed by atoms with Crippen molar-refractivity contribution < 1.29 is 4.79 Å². The molecule has 0 aromatic carbocycles. The van der Waals surface area contributed by atoms with Crippen LogP contribution in [0.4, 0.5) is 0 Å². The van der Waals surface area contributed by atoms with Crippen LogP contribution in [0.5, 0.6) is 0 Å². The number of carbonyl (C=O) groups excluding carboxylic acids is 1. The van der Waals surface area contributed by atoms with E-state index in [0.29, 0.717) is 0 Å². The van der Waals surface area contributed by atoms with Crippen LogP contribution < -0.4 is 16.4 Å². The van der Waals surface area contributed by atoms with E-state index in [0.717, 1.165) is 19.6 Å². The maximum atomic E-state index is 10.9. The lowest BCUT2D eigenvalue weighted by atomic mass is 9.83. The molecular formula is C9H19N3O. The van der Waals surface area contributed by atoms with Gasteiger partial charge in [0.1, 0.15) is 0 Å². The number of nitrogens with two attached hydrogens (primary N) is 1. The van der Waals surface area contributed by atoms with Crippen LogP contribution in [0.15, 0.2) is 0 Å². The van der Waals surface area contributed by atoms with Crippen molar-refractivity contribution in [2.24, 2.45) is 11.1 Å². The topological polar surface area (TPSA) is 67.2 Å². The number of rotatable bonds is 3. The van der Waals surface area contributed by atoms with Crippen LogP contribution in [0.3, 0.4) is 0 Å². The molecule has 1 atom stereocenters. The third-order valence-electron chi connectivity index (χ3n) is 2.58. The minimum atomic E-state index is -0.0631. The van der Waals surface area contributed by atoms with Crippen molar-refractivity contribution >= 4 is 5.91 Å². The molecule has 4 N–H and O–H groups in total. The van der Waals surface area contributed by atoms with E-state index in [2.05, 4.69) is 17.6 Å². The lowest BCUT2D eigenvalue weighted by Gasteiger charge is -2.34. The molecule has 0 spiro atoms. The number of amides is 1. The molecule has 0 aromatic heterocycles. The van der Waals surface area contributed by atoms with Crippen LogP contribution in [-0.2, 0) is 4.79 Å². The molecule has 1 unspecified atom stereocenters. The molecule has 1 aliphatic heterocycles. The highest BCUT2D eigenvalue weighted by molar-refractivity contribution is 5.77. The lowest BCUT2D eigenvalue weighted by Crippen LogP contribution is -2.46. The van der Waals surface area contributed by atoms with E-state index in [1.807, 2.05) is 0 Å². The van der Waals surface area contributed by atoms with Crippen molar-refractivity contribution in [1.82, 2.24) is 10.6 Å². The molecule has 4 heteroatoms. The molecule has 0 saturated carbocycles. The lowest BCUT2D eigenvalue weighted by molar-refractivity contribution is -0.120. The summed E-state index contributed by atoms with van der Waals surface area (Å²) in [7, 11) is 0. The predicted molar refractivity (Wildman–Crippen MR) is 52.3 cm³/mol. The zero-order valence-corrected chi connectivity index (χ0v) is 8.23. The first-order chi connectivity index (χ1) is 6.16. The van der Waals surface area contributed by atoms with Gasteiger partial charge in [0, 0.05) is 13.1 Å². The van der Waals surface area contributed by atoms with Crippen LogP contribution in [0.25, 0.3) is 0 Å². The van der Waals surface area contributed by atoms with Crippen molar-refractivity contribution in [3.63, 3.8) is 0 Å². The summed E-state index contributed by atoms with van der Waals surface area (Å²) in [5, 5.41) is 6.17. The summed E-state index contributed by atoms with van der Waals surface area (Å²) in [5.74, 6) is -0.0631. The molecule has 1 amide bonds. The fourth-order valence-corrected chi connectivity index (χ4v) is 1.65. The van der Waals surface area contributed by atoms with E-state index in [1.165, 1.54) is 12.8 Å². The van der Waals surface area contributed by atoms with Crippen molar-refractivity contribution in [2.75, 3.05) is 26.2 Å². The molecule has 1 rings (SSSR count). The number of nitrogens with one attached hydrogen (secondary N) is 2. The fraction of sp³-hybridized carbons (Fsp3) is 0.889. The number of hydrogen-bond acceptors (Lipinski definition) is 3. The summed E-state index contributed by atoms with van der Waals surface area (Å²) in [6, 6.07) is 0. The third kappa shape index (κ3) is 3.32. The van der Waals surface area contributed by atoms with Gasteiger partial charge in [-0.1, -0.05) is 6.92 Å². The van der Waals surface area contributed by atoms with Gasteiger partial charge in [0.15, 0.2) is 0 Å². The highest BCUT2D eigenvalue weighted by Crippen LogP contribution is 2.23. The van der Waals surface area contributed by atoms with E-state index in [1.54, 1.807) is 0 Å². The minimum absolute atomic E-state index is 0.0631. The van der Waals surface area contributed by atoms with Gasteiger partial charge < -0.3 is 16.4 Å². The Morgan fingerprint density at radius 3 is 3.00 bits per heavy atom. The van der Waals surface area contributed by atoms with Gasteiger partial charge in [-0.05, 0) is 24.8 Å². The normalized spacial score (nSPS) is 28.5. The molecule has 0 aliphatic carbocycles. The Morgan fingerprint density at radius 1 is 1.69 bits per heavy atom. The smallest absolute Gasteiger partial charge is 0.233 e. The van der Waals surface area contributed by atoms with Crippen LogP contribution >= 0.6 is 0 Å². The summed E-state index contributed by atoms with van der Waals surface area (Å²) >= 11 is 0. The number of piperidine rings is 1. The minimum Gasteiger partial charge on any atom is -0.354 e. The first-order valence-electron chi connectivity index (χ1n) is 4.84. The molecule has 1 aliphatic rings. The first kappa shape index (κ1) is 10.5. The summed E-state index contributed by atoms with van der Waals surface area (Å²) < 4.78 is 0. The van der Waals surface area contributed by atoms with E-state index >= 15 is 0 Å². The molecule has 1 fully saturated rings. The van der Waals surface area contributed by atoms with Crippen LogP contribution in [0.1, 0.15) is 19.8 Å². The second-order valence-corrected chi connectivity index (χ2v) is 4.07. The summed E-state index contributed by atoms with van der Waals surface area (Å²) in [4.78, 5) is 10.9. The average molecular weight is 185 g/mol. The molecule has 1 saturated heterocycles. The Balaban J connectivity index is 2.28. The second kappa shape index (κ2) is 4.58. The molecule has 0 aromatic rings. The molecular weight excluding hydrogens is 166 g/mol. The number of carbonyl (C=O) groups is 1. The van der Waals surface area contributed by atoms with Crippen molar-refractivity contribution in [3.05, 3.63) is 0 Å². The van der Waals surface area contributed by atoms with Gasteiger partial charge in [-0.3, -0.25) is 4.79 Å². The Bertz CT molecular complexity index is 176. The highest BCUT2D eigenvalue weighted by atomic mass is 16.1. The van der Waals surface area contributed by atoms with Crippen molar-refractivity contribution in [3.8, 4) is 0 Å². The Hall–Kier alpha value is -0.610. The van der Waals surface area contributed by atoms with E-state index in [9.17, 15) is 4.79 Å². The zero-order chi connectivity index (χ0) is 9.73. The van der Waals surface area contributed by atoms with Crippen molar-refractivity contribution in [1.29, 1.82) is 0 Å². The molecule has 76 valence electrons. The van der Waals surface area contributed by atoms with Crippen molar-refractivity contribution in [2.45, 2.75) is 19.8 Å². The van der Waals surface area contributed by atoms with Gasteiger partial charge in [0.2, 0.25) is 5.91 Å². The fourth-order valence-electron chi connectivity index (χ4n) is 1.65. The summed E-state index contributed by atoms with van der Waals surface area (Å²) in [6.07, 6.45) is 2.36. The predicted octanol–water partition coefficient (Wildman–Crippen LogP) is -0.549. The van der Waals surface area contributed by atoms with Crippen LogP contribution in [0.2, 0.25) is 0 Å². The summed E-state index contributed by atoms with van der Waals surface area (Å²) in [6.45, 7) is 5.09. The van der Waals surface area contributed by atoms with Gasteiger partial charge in [-0.2, -0.15) is 0 Å². The molecule has 4 nitrogen and oxygen atoms in total. The maximum Gasteiger partial charge on any atom is 0.233 e. The van der Waals surface area contributed by atoms with Gasteiger partial charge in [0.05, 0.1) is 6.54 Å². The quantitative estimate of drug-likeness (QED) is 0.553. The number of hydrogen-bond donors (Lipinski definition) is 3. The SMILES string of the molecule is CC1(CNC(=O)CN)CCCNC1. The maximum absolute atomic E-state index is 10.9. The largest absolute Gasteiger partial charge is 0.354 e. The van der Waals surface area contributed by atoms with Gasteiger partial charge in [0.25, 0.3) is 0 Å². The Kier molecular flexibility index (Phi) is 3.69. The molecule has 1 heterocycles.